The number of rotatable bonds is 7. The van der Waals surface area contributed by atoms with Crippen LogP contribution in [-0.4, -0.2) is 20.4 Å². The first-order valence-electron chi connectivity index (χ1n) is 9.37. The maximum absolute atomic E-state index is 13.8. The van der Waals surface area contributed by atoms with Crippen LogP contribution in [0.1, 0.15) is 18.6 Å². The number of carbonyl (C=O) groups excluding carboxylic acids is 1. The van der Waals surface area contributed by atoms with E-state index in [-0.39, 0.29) is 10.9 Å². The van der Waals surface area contributed by atoms with Crippen molar-refractivity contribution < 1.29 is 22.0 Å². The number of amides is 1. The zero-order valence-electron chi connectivity index (χ0n) is 15.8. The van der Waals surface area contributed by atoms with Gasteiger partial charge in [0.05, 0.1) is 10.5 Å². The number of anilines is 1. The predicted molar refractivity (Wildman–Crippen MR) is 112 cm³/mol. The number of sulfonamides is 1. The molecule has 0 radical (unpaired) electrons. The molecule has 1 fully saturated rings. The summed E-state index contributed by atoms with van der Waals surface area (Å²) in [6.07, 6.45) is 4.39. The van der Waals surface area contributed by atoms with Crippen LogP contribution >= 0.6 is 0 Å². The molecule has 2 aromatic carbocycles. The summed E-state index contributed by atoms with van der Waals surface area (Å²) in [5.41, 5.74) is 0.689. The van der Waals surface area contributed by atoms with Crippen LogP contribution in [0.2, 0.25) is 0 Å². The van der Waals surface area contributed by atoms with Gasteiger partial charge in [-0.1, -0.05) is 18.2 Å². The SMILES string of the molecule is O=C(/C=C/c1ccc(-c2ccccc2F)o1)Nc1cccc(S(=O)(=O)NC2CC2)c1. The van der Waals surface area contributed by atoms with Gasteiger partial charge in [0.15, 0.2) is 0 Å². The smallest absolute Gasteiger partial charge is 0.248 e. The predicted octanol–water partition coefficient (Wildman–Crippen LogP) is 4.18. The Morgan fingerprint density at radius 3 is 2.63 bits per heavy atom. The van der Waals surface area contributed by atoms with E-state index in [9.17, 15) is 17.6 Å². The number of benzene rings is 2. The van der Waals surface area contributed by atoms with E-state index in [2.05, 4.69) is 10.0 Å². The zero-order chi connectivity index (χ0) is 21.1. The van der Waals surface area contributed by atoms with Crippen LogP contribution in [0.3, 0.4) is 0 Å². The molecule has 1 heterocycles. The third-order valence-electron chi connectivity index (χ3n) is 4.48. The first-order chi connectivity index (χ1) is 14.4. The molecule has 0 atom stereocenters. The molecule has 1 aliphatic carbocycles. The maximum Gasteiger partial charge on any atom is 0.248 e. The Bertz CT molecular complexity index is 1210. The van der Waals surface area contributed by atoms with E-state index in [4.69, 9.17) is 4.42 Å². The van der Waals surface area contributed by atoms with Gasteiger partial charge in [-0.25, -0.2) is 17.5 Å². The second kappa shape index (κ2) is 8.25. The van der Waals surface area contributed by atoms with Gasteiger partial charge < -0.3 is 9.73 Å². The first kappa shape index (κ1) is 20.1. The molecule has 0 unspecified atom stereocenters. The van der Waals surface area contributed by atoms with Crippen molar-refractivity contribution in [3.05, 3.63) is 78.3 Å². The maximum atomic E-state index is 13.8. The lowest BCUT2D eigenvalue weighted by molar-refractivity contribution is -0.111. The molecule has 0 bridgehead atoms. The van der Waals surface area contributed by atoms with Crippen molar-refractivity contribution in [1.82, 2.24) is 4.72 Å². The number of nitrogens with one attached hydrogen (secondary N) is 2. The van der Waals surface area contributed by atoms with Crippen LogP contribution in [0.15, 0.2) is 76.1 Å². The van der Waals surface area contributed by atoms with Crippen molar-refractivity contribution >= 4 is 27.7 Å². The minimum absolute atomic E-state index is 0.00118. The fourth-order valence-electron chi connectivity index (χ4n) is 2.82. The molecule has 0 saturated heterocycles. The van der Waals surface area contributed by atoms with Crippen LogP contribution in [0.5, 0.6) is 0 Å². The largest absolute Gasteiger partial charge is 0.457 e. The topological polar surface area (TPSA) is 88.4 Å². The molecule has 154 valence electrons. The average molecular weight is 426 g/mol. The van der Waals surface area contributed by atoms with Crippen LogP contribution in [-0.2, 0) is 14.8 Å². The summed E-state index contributed by atoms with van der Waals surface area (Å²) in [6.45, 7) is 0. The Labute approximate surface area is 173 Å². The monoisotopic (exact) mass is 426 g/mol. The molecule has 8 heteroatoms. The van der Waals surface area contributed by atoms with Crippen molar-refractivity contribution in [1.29, 1.82) is 0 Å². The van der Waals surface area contributed by atoms with E-state index in [0.717, 1.165) is 12.8 Å². The minimum atomic E-state index is -3.60. The highest BCUT2D eigenvalue weighted by Crippen LogP contribution is 2.25. The van der Waals surface area contributed by atoms with Gasteiger partial charge in [0.1, 0.15) is 17.3 Å². The molecular weight excluding hydrogens is 407 g/mol. The molecule has 0 spiro atoms. The van der Waals surface area contributed by atoms with E-state index < -0.39 is 21.7 Å². The normalized spacial score (nSPS) is 14.2. The van der Waals surface area contributed by atoms with E-state index in [0.29, 0.717) is 22.8 Å². The van der Waals surface area contributed by atoms with Crippen molar-refractivity contribution in [2.45, 2.75) is 23.8 Å². The number of furan rings is 1. The highest BCUT2D eigenvalue weighted by molar-refractivity contribution is 7.89. The summed E-state index contributed by atoms with van der Waals surface area (Å²) in [4.78, 5) is 12.3. The van der Waals surface area contributed by atoms with Crippen LogP contribution in [0.25, 0.3) is 17.4 Å². The lowest BCUT2D eigenvalue weighted by Gasteiger charge is -2.08. The zero-order valence-corrected chi connectivity index (χ0v) is 16.7. The fourth-order valence-corrected chi connectivity index (χ4v) is 4.17. The molecule has 0 aliphatic heterocycles. The first-order valence-corrected chi connectivity index (χ1v) is 10.9. The molecule has 1 aromatic heterocycles. The number of carbonyl (C=O) groups is 1. The lowest BCUT2D eigenvalue weighted by Crippen LogP contribution is -2.25. The van der Waals surface area contributed by atoms with Gasteiger partial charge in [-0.3, -0.25) is 4.79 Å². The molecule has 2 N–H and O–H groups in total. The van der Waals surface area contributed by atoms with Gasteiger partial charge in [-0.15, -0.1) is 0 Å². The van der Waals surface area contributed by atoms with Gasteiger partial charge in [0.2, 0.25) is 15.9 Å². The van der Waals surface area contributed by atoms with Gasteiger partial charge in [-0.2, -0.15) is 0 Å². The Morgan fingerprint density at radius 2 is 1.87 bits per heavy atom. The third-order valence-corrected chi connectivity index (χ3v) is 5.99. The van der Waals surface area contributed by atoms with Crippen LogP contribution in [0, 0.1) is 5.82 Å². The van der Waals surface area contributed by atoms with E-state index in [1.807, 2.05) is 0 Å². The number of hydrogen-bond acceptors (Lipinski definition) is 4. The summed E-state index contributed by atoms with van der Waals surface area (Å²) in [7, 11) is -3.60. The van der Waals surface area contributed by atoms with Crippen molar-refractivity contribution in [2.75, 3.05) is 5.32 Å². The Balaban J connectivity index is 1.42. The van der Waals surface area contributed by atoms with E-state index >= 15 is 0 Å². The highest BCUT2D eigenvalue weighted by atomic mass is 32.2. The fraction of sp³-hybridized carbons (Fsp3) is 0.136. The van der Waals surface area contributed by atoms with E-state index in [1.165, 1.54) is 30.4 Å². The third kappa shape index (κ3) is 4.84. The van der Waals surface area contributed by atoms with Gasteiger partial charge >= 0.3 is 0 Å². The quantitative estimate of drug-likeness (QED) is 0.555. The van der Waals surface area contributed by atoms with Crippen LogP contribution < -0.4 is 10.0 Å². The standard InChI is InChI=1S/C22H19FN2O4S/c23-20-7-2-1-6-19(20)21-12-10-17(29-21)11-13-22(26)24-16-4-3-5-18(14-16)30(27,28)25-15-8-9-15/h1-7,10-15,25H,8-9H2,(H,24,26)/b13-11+. The Morgan fingerprint density at radius 1 is 1.07 bits per heavy atom. The summed E-state index contributed by atoms with van der Waals surface area (Å²) >= 11 is 0. The average Bonchev–Trinajstić information content (AvgIpc) is 3.39. The van der Waals surface area contributed by atoms with Crippen molar-refractivity contribution in [3.8, 4) is 11.3 Å². The van der Waals surface area contributed by atoms with Crippen molar-refractivity contribution in [3.63, 3.8) is 0 Å². The number of hydrogen-bond donors (Lipinski definition) is 2. The molecule has 1 amide bonds. The summed E-state index contributed by atoms with van der Waals surface area (Å²) in [6, 6.07) is 15.5. The molecule has 1 aliphatic rings. The van der Waals surface area contributed by atoms with Gasteiger partial charge in [0, 0.05) is 17.8 Å². The Hall–Kier alpha value is -3.23. The van der Waals surface area contributed by atoms with Gasteiger partial charge in [-0.05, 0) is 61.4 Å². The Kier molecular flexibility index (Phi) is 5.52. The number of halogens is 1. The molecule has 3 aromatic rings. The lowest BCUT2D eigenvalue weighted by atomic mass is 10.1. The minimum Gasteiger partial charge on any atom is -0.457 e. The molecule has 30 heavy (non-hydrogen) atoms. The molecule has 4 rings (SSSR count). The second-order valence-corrected chi connectivity index (χ2v) is 8.64. The second-order valence-electron chi connectivity index (χ2n) is 6.93. The van der Waals surface area contributed by atoms with Crippen LogP contribution in [0.4, 0.5) is 10.1 Å². The van der Waals surface area contributed by atoms with E-state index in [1.54, 1.807) is 42.5 Å². The van der Waals surface area contributed by atoms with Crippen molar-refractivity contribution in [2.24, 2.45) is 0 Å². The van der Waals surface area contributed by atoms with Gasteiger partial charge in [0.25, 0.3) is 0 Å². The molecular formula is C22H19FN2O4S. The summed E-state index contributed by atoms with van der Waals surface area (Å²) in [5.74, 6) is -0.114. The molecule has 1 saturated carbocycles. The summed E-state index contributed by atoms with van der Waals surface area (Å²) < 4.78 is 46.6. The molecule has 6 nitrogen and oxygen atoms in total. The summed E-state index contributed by atoms with van der Waals surface area (Å²) in [5, 5.41) is 2.62. The highest BCUT2D eigenvalue weighted by Gasteiger charge is 2.28.